The van der Waals surface area contributed by atoms with Crippen molar-refractivity contribution in [3.8, 4) is 11.8 Å². The molecule has 0 radical (unpaired) electrons. The fraction of sp³-hybridized carbons (Fsp3) is 0.412. The van der Waals surface area contributed by atoms with Crippen molar-refractivity contribution < 1.29 is 14.6 Å². The molecule has 0 bridgehead atoms. The number of nitrogens with zero attached hydrogens (tertiary/aromatic N) is 2. The fourth-order valence-electron chi connectivity index (χ4n) is 2.34. The molecule has 1 N–H and O–H groups in total. The summed E-state index contributed by atoms with van der Waals surface area (Å²) >= 11 is 7.71. The van der Waals surface area contributed by atoms with Gasteiger partial charge in [0.15, 0.2) is 5.16 Å². The molecular formula is C17H21ClN2O3S. The van der Waals surface area contributed by atoms with Gasteiger partial charge in [0.25, 0.3) is 0 Å². The highest BCUT2D eigenvalue weighted by molar-refractivity contribution is 7.99. The molecule has 0 aliphatic heterocycles. The minimum Gasteiger partial charge on any atom is -0.481 e. The Labute approximate surface area is 151 Å². The minimum atomic E-state index is -0.391. The summed E-state index contributed by atoms with van der Waals surface area (Å²) in [4.78, 5) is 8.65. The topological polar surface area (TPSA) is 64.5 Å². The zero-order valence-electron chi connectivity index (χ0n) is 14.1. The summed E-state index contributed by atoms with van der Waals surface area (Å²) in [6, 6.07) is 9.25. The molecule has 2 aromatic rings. The Morgan fingerprint density at radius 3 is 2.25 bits per heavy atom. The lowest BCUT2D eigenvalue weighted by atomic mass is 9.81. The molecule has 130 valence electrons. The largest absolute Gasteiger partial charge is 0.481 e. The third-order valence-electron chi connectivity index (χ3n) is 3.86. The third kappa shape index (κ3) is 4.12. The van der Waals surface area contributed by atoms with Gasteiger partial charge in [0, 0.05) is 15.7 Å². The summed E-state index contributed by atoms with van der Waals surface area (Å²) in [5.41, 5.74) is 0.574. The highest BCUT2D eigenvalue weighted by Crippen LogP contribution is 2.40. The van der Waals surface area contributed by atoms with Crippen LogP contribution in [0.2, 0.25) is 5.02 Å². The lowest BCUT2D eigenvalue weighted by molar-refractivity contribution is 0.260. The monoisotopic (exact) mass is 368 g/mol. The summed E-state index contributed by atoms with van der Waals surface area (Å²) in [5, 5.41) is 10.9. The second kappa shape index (κ2) is 8.05. The molecule has 0 aliphatic carbocycles. The number of aliphatic hydroxyl groups excluding tert-OH is 1. The van der Waals surface area contributed by atoms with Crippen molar-refractivity contribution in [2.45, 2.75) is 29.7 Å². The van der Waals surface area contributed by atoms with Gasteiger partial charge >= 0.3 is 0 Å². The predicted octanol–water partition coefficient (Wildman–Crippen LogP) is 3.58. The van der Waals surface area contributed by atoms with Gasteiger partial charge in [-0.2, -0.15) is 9.97 Å². The molecular weight excluding hydrogens is 348 g/mol. The number of benzene rings is 1. The quantitative estimate of drug-likeness (QED) is 0.595. The van der Waals surface area contributed by atoms with Gasteiger partial charge in [0.1, 0.15) is 0 Å². The molecule has 2 rings (SSSR count). The van der Waals surface area contributed by atoms with Crippen molar-refractivity contribution in [3.05, 3.63) is 40.9 Å². The molecule has 1 aromatic heterocycles. The molecule has 1 unspecified atom stereocenters. The van der Waals surface area contributed by atoms with Gasteiger partial charge in [-0.15, -0.1) is 0 Å². The molecule has 0 fully saturated rings. The van der Waals surface area contributed by atoms with E-state index in [4.69, 9.17) is 21.1 Å². The maximum absolute atomic E-state index is 9.95. The normalized spacial score (nSPS) is 12.8. The van der Waals surface area contributed by atoms with Gasteiger partial charge in [-0.3, -0.25) is 0 Å². The van der Waals surface area contributed by atoms with E-state index in [0.717, 1.165) is 5.56 Å². The molecule has 0 saturated carbocycles. The van der Waals surface area contributed by atoms with Crippen LogP contribution in [0.25, 0.3) is 0 Å². The molecule has 0 amide bonds. The van der Waals surface area contributed by atoms with Crippen LogP contribution in [0.15, 0.2) is 35.5 Å². The smallest absolute Gasteiger partial charge is 0.220 e. The van der Waals surface area contributed by atoms with E-state index in [-0.39, 0.29) is 11.9 Å². The molecule has 0 spiro atoms. The SMILES string of the molecule is COc1cc(OC)nc(SC(CO)C(C)(C)c2ccccc2Cl)n1. The van der Waals surface area contributed by atoms with E-state index in [9.17, 15) is 5.11 Å². The average Bonchev–Trinajstić information content (AvgIpc) is 2.59. The molecule has 1 atom stereocenters. The number of ether oxygens (including phenoxy) is 2. The van der Waals surface area contributed by atoms with E-state index < -0.39 is 5.41 Å². The zero-order valence-corrected chi connectivity index (χ0v) is 15.7. The van der Waals surface area contributed by atoms with Crippen molar-refractivity contribution in [1.82, 2.24) is 9.97 Å². The van der Waals surface area contributed by atoms with Crippen LogP contribution in [-0.2, 0) is 5.41 Å². The summed E-state index contributed by atoms with van der Waals surface area (Å²) < 4.78 is 10.3. The number of aliphatic hydroxyl groups is 1. The Kier molecular flexibility index (Phi) is 6.32. The van der Waals surface area contributed by atoms with Crippen LogP contribution in [0.4, 0.5) is 0 Å². The Morgan fingerprint density at radius 2 is 1.75 bits per heavy atom. The van der Waals surface area contributed by atoms with E-state index in [1.807, 2.05) is 38.1 Å². The second-order valence-electron chi connectivity index (χ2n) is 5.73. The van der Waals surface area contributed by atoms with Crippen LogP contribution in [0.3, 0.4) is 0 Å². The zero-order chi connectivity index (χ0) is 17.7. The van der Waals surface area contributed by atoms with Gasteiger partial charge in [-0.05, 0) is 11.6 Å². The number of rotatable bonds is 7. The number of halogens is 1. The summed E-state index contributed by atoms with van der Waals surface area (Å²) in [7, 11) is 3.07. The Bertz CT molecular complexity index is 675. The third-order valence-corrected chi connectivity index (χ3v) is 5.61. The lowest BCUT2D eigenvalue weighted by Gasteiger charge is -2.33. The van der Waals surface area contributed by atoms with E-state index in [0.29, 0.717) is 21.9 Å². The highest BCUT2D eigenvalue weighted by atomic mass is 35.5. The van der Waals surface area contributed by atoms with E-state index in [2.05, 4.69) is 9.97 Å². The van der Waals surface area contributed by atoms with Crippen LogP contribution in [0.5, 0.6) is 11.8 Å². The van der Waals surface area contributed by atoms with Gasteiger partial charge in [-0.1, -0.05) is 55.4 Å². The first-order valence-electron chi connectivity index (χ1n) is 7.42. The fourth-order valence-corrected chi connectivity index (χ4v) is 3.76. The first kappa shape index (κ1) is 18.8. The van der Waals surface area contributed by atoms with Crippen molar-refractivity contribution in [1.29, 1.82) is 0 Å². The van der Waals surface area contributed by atoms with Crippen LogP contribution in [-0.4, -0.2) is 41.2 Å². The minimum absolute atomic E-state index is 0.0498. The summed E-state index contributed by atoms with van der Waals surface area (Å²) in [6.07, 6.45) is 0. The Balaban J connectivity index is 2.34. The number of hydrogen-bond acceptors (Lipinski definition) is 6. The Morgan fingerprint density at radius 1 is 1.17 bits per heavy atom. The lowest BCUT2D eigenvalue weighted by Crippen LogP contribution is -2.34. The molecule has 7 heteroatoms. The van der Waals surface area contributed by atoms with E-state index in [1.54, 1.807) is 6.07 Å². The molecule has 5 nitrogen and oxygen atoms in total. The number of aromatic nitrogens is 2. The maximum atomic E-state index is 9.95. The van der Waals surface area contributed by atoms with Crippen LogP contribution < -0.4 is 9.47 Å². The predicted molar refractivity (Wildman–Crippen MR) is 96.3 cm³/mol. The first-order valence-corrected chi connectivity index (χ1v) is 8.67. The van der Waals surface area contributed by atoms with Crippen LogP contribution in [0, 0.1) is 0 Å². The van der Waals surface area contributed by atoms with Gasteiger partial charge < -0.3 is 14.6 Å². The molecule has 0 saturated heterocycles. The second-order valence-corrected chi connectivity index (χ2v) is 7.30. The number of hydrogen-bond donors (Lipinski definition) is 1. The Hall–Kier alpha value is -1.50. The molecule has 1 aromatic carbocycles. The molecule has 0 aliphatic rings. The molecule has 1 heterocycles. The van der Waals surface area contributed by atoms with Crippen molar-refractivity contribution in [2.75, 3.05) is 20.8 Å². The number of thioether (sulfide) groups is 1. The van der Waals surface area contributed by atoms with Crippen molar-refractivity contribution in [3.63, 3.8) is 0 Å². The maximum Gasteiger partial charge on any atom is 0.220 e. The summed E-state index contributed by atoms with van der Waals surface area (Å²) in [5.74, 6) is 0.827. The van der Waals surface area contributed by atoms with Gasteiger partial charge in [-0.25, -0.2) is 0 Å². The van der Waals surface area contributed by atoms with Gasteiger partial charge in [0.05, 0.1) is 26.9 Å². The van der Waals surface area contributed by atoms with Crippen molar-refractivity contribution >= 4 is 23.4 Å². The van der Waals surface area contributed by atoms with E-state index >= 15 is 0 Å². The van der Waals surface area contributed by atoms with Crippen LogP contribution in [0.1, 0.15) is 19.4 Å². The van der Waals surface area contributed by atoms with Crippen LogP contribution >= 0.6 is 23.4 Å². The van der Waals surface area contributed by atoms with Crippen molar-refractivity contribution in [2.24, 2.45) is 0 Å². The number of methoxy groups -OCH3 is 2. The standard InChI is InChI=1S/C17H21ClN2O3S/c1-17(2,11-7-5-6-8-12(11)18)13(10-21)24-16-19-14(22-3)9-15(20-16)23-4/h5-9,13,21H,10H2,1-4H3. The highest BCUT2D eigenvalue weighted by Gasteiger charge is 2.34. The van der Waals surface area contributed by atoms with Gasteiger partial charge in [0.2, 0.25) is 11.8 Å². The molecule has 24 heavy (non-hydrogen) atoms. The first-order chi connectivity index (χ1) is 11.4. The van der Waals surface area contributed by atoms with E-state index in [1.165, 1.54) is 26.0 Å². The average molecular weight is 369 g/mol. The summed E-state index contributed by atoms with van der Waals surface area (Å²) in [6.45, 7) is 4.03.